The van der Waals surface area contributed by atoms with Crippen molar-refractivity contribution >= 4 is 11.5 Å². The number of rotatable bonds is 3. The lowest BCUT2D eigenvalue weighted by Crippen LogP contribution is -2.20. The molecule has 0 saturated heterocycles. The third-order valence-corrected chi connectivity index (χ3v) is 3.07. The van der Waals surface area contributed by atoms with Crippen molar-refractivity contribution in [3.8, 4) is 5.75 Å². The van der Waals surface area contributed by atoms with Crippen LogP contribution in [0.3, 0.4) is 0 Å². The number of hydrogen-bond acceptors (Lipinski definition) is 3. The molecule has 0 amide bonds. The summed E-state index contributed by atoms with van der Waals surface area (Å²) in [4.78, 5) is 13.5. The van der Waals surface area contributed by atoms with Gasteiger partial charge in [-0.05, 0) is 37.1 Å². The molecule has 0 aromatic heterocycles. The van der Waals surface area contributed by atoms with Crippen molar-refractivity contribution in [2.45, 2.75) is 19.3 Å². The Kier molecular flexibility index (Phi) is 3.47. The van der Waals surface area contributed by atoms with Crippen LogP contribution in [0.25, 0.3) is 0 Å². The molecule has 0 fully saturated rings. The first-order valence-corrected chi connectivity index (χ1v) is 5.82. The van der Waals surface area contributed by atoms with E-state index in [0.29, 0.717) is 6.42 Å². The molecule has 3 nitrogen and oxygen atoms in total. The van der Waals surface area contributed by atoms with E-state index in [2.05, 4.69) is 4.90 Å². The summed E-state index contributed by atoms with van der Waals surface area (Å²) in [6, 6.07) is 7.85. The summed E-state index contributed by atoms with van der Waals surface area (Å²) in [6.07, 6.45) is 4.35. The SMILES string of the molecule is COc1ccc(N(C)C2=CC(=O)CCC2)cc1. The van der Waals surface area contributed by atoms with E-state index in [1.54, 1.807) is 13.2 Å². The maximum atomic E-state index is 11.4. The summed E-state index contributed by atoms with van der Waals surface area (Å²) in [5, 5.41) is 0. The summed E-state index contributed by atoms with van der Waals surface area (Å²) in [5.74, 6) is 1.07. The van der Waals surface area contributed by atoms with E-state index in [0.717, 1.165) is 30.0 Å². The second-order valence-electron chi connectivity index (χ2n) is 4.21. The van der Waals surface area contributed by atoms with E-state index in [4.69, 9.17) is 4.74 Å². The third kappa shape index (κ3) is 2.67. The highest BCUT2D eigenvalue weighted by Crippen LogP contribution is 2.25. The van der Waals surface area contributed by atoms with Crippen molar-refractivity contribution in [1.82, 2.24) is 0 Å². The molecule has 3 heteroatoms. The first-order chi connectivity index (χ1) is 8.20. The van der Waals surface area contributed by atoms with Gasteiger partial charge in [0, 0.05) is 30.9 Å². The quantitative estimate of drug-likeness (QED) is 0.801. The van der Waals surface area contributed by atoms with Crippen molar-refractivity contribution in [2.24, 2.45) is 0 Å². The second kappa shape index (κ2) is 5.04. The minimum absolute atomic E-state index is 0.228. The highest BCUT2D eigenvalue weighted by Gasteiger charge is 2.14. The average molecular weight is 231 g/mol. The van der Waals surface area contributed by atoms with E-state index in [1.165, 1.54) is 0 Å². The van der Waals surface area contributed by atoms with Crippen LogP contribution in [0.1, 0.15) is 19.3 Å². The lowest BCUT2D eigenvalue weighted by molar-refractivity contribution is -0.115. The Morgan fingerprint density at radius 3 is 2.47 bits per heavy atom. The summed E-state index contributed by atoms with van der Waals surface area (Å²) < 4.78 is 5.12. The third-order valence-electron chi connectivity index (χ3n) is 3.07. The van der Waals surface area contributed by atoms with Gasteiger partial charge in [-0.2, -0.15) is 0 Å². The highest BCUT2D eigenvalue weighted by atomic mass is 16.5. The second-order valence-corrected chi connectivity index (χ2v) is 4.21. The van der Waals surface area contributed by atoms with Gasteiger partial charge in [0.2, 0.25) is 0 Å². The molecule has 0 spiro atoms. The number of benzene rings is 1. The van der Waals surface area contributed by atoms with E-state index >= 15 is 0 Å². The maximum absolute atomic E-state index is 11.4. The van der Waals surface area contributed by atoms with Crippen molar-refractivity contribution in [1.29, 1.82) is 0 Å². The summed E-state index contributed by atoms with van der Waals surface area (Å²) in [7, 11) is 3.65. The maximum Gasteiger partial charge on any atom is 0.157 e. The van der Waals surface area contributed by atoms with Crippen LogP contribution in [0, 0.1) is 0 Å². The van der Waals surface area contributed by atoms with Gasteiger partial charge >= 0.3 is 0 Å². The van der Waals surface area contributed by atoms with E-state index in [-0.39, 0.29) is 5.78 Å². The van der Waals surface area contributed by atoms with E-state index in [9.17, 15) is 4.79 Å². The van der Waals surface area contributed by atoms with Crippen molar-refractivity contribution in [3.05, 3.63) is 36.0 Å². The Morgan fingerprint density at radius 1 is 1.18 bits per heavy atom. The summed E-state index contributed by atoms with van der Waals surface area (Å²) >= 11 is 0. The number of hydrogen-bond donors (Lipinski definition) is 0. The van der Waals surface area contributed by atoms with Gasteiger partial charge in [-0.25, -0.2) is 0 Å². The Balaban J connectivity index is 2.18. The molecule has 90 valence electrons. The number of carbonyl (C=O) groups excluding carboxylic acids is 1. The van der Waals surface area contributed by atoms with Crippen LogP contribution in [-0.2, 0) is 4.79 Å². The number of methoxy groups -OCH3 is 1. The Bertz CT molecular complexity index is 434. The predicted molar refractivity (Wildman–Crippen MR) is 68.3 cm³/mol. The first-order valence-electron chi connectivity index (χ1n) is 5.82. The molecule has 2 rings (SSSR count). The Morgan fingerprint density at radius 2 is 1.88 bits per heavy atom. The minimum Gasteiger partial charge on any atom is -0.497 e. The Hall–Kier alpha value is -1.77. The number of ether oxygens (including phenoxy) is 1. The van der Waals surface area contributed by atoms with Gasteiger partial charge in [-0.15, -0.1) is 0 Å². The Labute approximate surface area is 102 Å². The van der Waals surface area contributed by atoms with E-state index < -0.39 is 0 Å². The van der Waals surface area contributed by atoms with Crippen LogP contribution in [0.5, 0.6) is 5.75 Å². The van der Waals surface area contributed by atoms with Crippen molar-refractivity contribution in [2.75, 3.05) is 19.1 Å². The zero-order chi connectivity index (χ0) is 12.3. The monoisotopic (exact) mass is 231 g/mol. The number of nitrogens with zero attached hydrogens (tertiary/aromatic N) is 1. The van der Waals surface area contributed by atoms with Crippen LogP contribution >= 0.6 is 0 Å². The standard InChI is InChI=1S/C14H17NO2/c1-15(12-4-3-5-13(16)10-12)11-6-8-14(17-2)9-7-11/h6-10H,3-5H2,1-2H3. The highest BCUT2D eigenvalue weighted by molar-refractivity contribution is 5.91. The molecule has 0 radical (unpaired) electrons. The molecule has 1 aromatic rings. The van der Waals surface area contributed by atoms with Gasteiger partial charge in [-0.1, -0.05) is 0 Å². The topological polar surface area (TPSA) is 29.5 Å². The van der Waals surface area contributed by atoms with Crippen LogP contribution in [0.2, 0.25) is 0 Å². The van der Waals surface area contributed by atoms with Gasteiger partial charge in [0.05, 0.1) is 7.11 Å². The predicted octanol–water partition coefficient (Wildman–Crippen LogP) is 2.77. The van der Waals surface area contributed by atoms with Crippen LogP contribution in [0.4, 0.5) is 5.69 Å². The van der Waals surface area contributed by atoms with Gasteiger partial charge in [0.25, 0.3) is 0 Å². The number of anilines is 1. The van der Waals surface area contributed by atoms with Gasteiger partial charge in [-0.3, -0.25) is 4.79 Å². The summed E-state index contributed by atoms with van der Waals surface area (Å²) in [5.41, 5.74) is 2.16. The fourth-order valence-electron chi connectivity index (χ4n) is 2.01. The smallest absolute Gasteiger partial charge is 0.157 e. The number of allylic oxidation sites excluding steroid dienone is 2. The molecule has 1 aliphatic carbocycles. The largest absolute Gasteiger partial charge is 0.497 e. The molecule has 0 saturated carbocycles. The lowest BCUT2D eigenvalue weighted by Gasteiger charge is -2.25. The molecule has 1 aliphatic rings. The van der Waals surface area contributed by atoms with Crippen LogP contribution in [-0.4, -0.2) is 19.9 Å². The first kappa shape index (κ1) is 11.7. The van der Waals surface area contributed by atoms with Gasteiger partial charge in [0.1, 0.15) is 5.75 Å². The zero-order valence-corrected chi connectivity index (χ0v) is 10.3. The van der Waals surface area contributed by atoms with Crippen LogP contribution in [0.15, 0.2) is 36.0 Å². The number of ketones is 1. The minimum atomic E-state index is 0.228. The molecular formula is C14H17NO2. The van der Waals surface area contributed by atoms with Crippen LogP contribution < -0.4 is 9.64 Å². The molecule has 0 N–H and O–H groups in total. The molecule has 0 atom stereocenters. The fraction of sp³-hybridized carbons (Fsp3) is 0.357. The van der Waals surface area contributed by atoms with E-state index in [1.807, 2.05) is 31.3 Å². The number of carbonyl (C=O) groups is 1. The molecule has 0 bridgehead atoms. The van der Waals surface area contributed by atoms with Crippen molar-refractivity contribution in [3.63, 3.8) is 0 Å². The fourth-order valence-corrected chi connectivity index (χ4v) is 2.01. The molecule has 1 aromatic carbocycles. The molecule has 0 unspecified atom stereocenters. The molecular weight excluding hydrogens is 214 g/mol. The average Bonchev–Trinajstić information content (AvgIpc) is 2.38. The van der Waals surface area contributed by atoms with Crippen molar-refractivity contribution < 1.29 is 9.53 Å². The zero-order valence-electron chi connectivity index (χ0n) is 10.3. The molecule has 17 heavy (non-hydrogen) atoms. The van der Waals surface area contributed by atoms with Gasteiger partial charge in [0.15, 0.2) is 5.78 Å². The molecule has 0 heterocycles. The van der Waals surface area contributed by atoms with Gasteiger partial charge < -0.3 is 9.64 Å². The molecule has 0 aliphatic heterocycles. The normalized spacial score (nSPS) is 15.4. The lowest BCUT2D eigenvalue weighted by atomic mass is 10.0. The summed E-state index contributed by atoms with van der Waals surface area (Å²) in [6.45, 7) is 0.